The molecule has 0 fully saturated rings. The van der Waals surface area contributed by atoms with Crippen LogP contribution in [-0.2, 0) is 10.0 Å². The van der Waals surface area contributed by atoms with Crippen LogP contribution in [0.3, 0.4) is 0 Å². The predicted molar refractivity (Wildman–Crippen MR) is 116 cm³/mol. The number of alkyl halides is 1. The van der Waals surface area contributed by atoms with Crippen LogP contribution in [0.2, 0.25) is 0 Å². The molecule has 0 heterocycles. The number of carbonyl (C=O) groups is 1. The van der Waals surface area contributed by atoms with Gasteiger partial charge in [0, 0.05) is 17.7 Å². The molecule has 0 saturated carbocycles. The van der Waals surface area contributed by atoms with Crippen molar-refractivity contribution >= 4 is 37.4 Å². The van der Waals surface area contributed by atoms with Crippen LogP contribution in [-0.4, -0.2) is 25.2 Å². The topological polar surface area (TPSA) is 106 Å². The minimum atomic E-state index is -4.13. The largest absolute Gasteiger partial charge is 0.292 e. The van der Waals surface area contributed by atoms with Crippen LogP contribution in [0.25, 0.3) is 0 Å². The quantitative estimate of drug-likeness (QED) is 0.220. The fourth-order valence-corrected chi connectivity index (χ4v) is 4.90. The minimum absolute atomic E-state index is 0.174. The first kappa shape index (κ1) is 21.8. The summed E-state index contributed by atoms with van der Waals surface area (Å²) < 4.78 is 28.3. The Hall–Kier alpha value is -2.88. The van der Waals surface area contributed by atoms with Gasteiger partial charge in [0.05, 0.1) is 14.6 Å². The maximum absolute atomic E-state index is 13.2. The summed E-state index contributed by atoms with van der Waals surface area (Å²) in [4.78, 5) is 22.6. The standard InChI is InChI=1S/C21H17BrN2O5S/c22-19(15-7-3-1-4-8-15)20(21(25)16-9-5-2-6-10-16)23-30(28,29)18-13-11-17(12-14-18)24(26)27/h1-14,19-20,23H/t19-,20-/m0/s1. The van der Waals surface area contributed by atoms with Crippen LogP contribution in [0, 0.1) is 10.1 Å². The van der Waals surface area contributed by atoms with Gasteiger partial charge >= 0.3 is 0 Å². The van der Waals surface area contributed by atoms with Crippen molar-refractivity contribution in [3.63, 3.8) is 0 Å². The first-order valence-corrected chi connectivity index (χ1v) is 11.2. The van der Waals surface area contributed by atoms with E-state index in [0.29, 0.717) is 5.56 Å². The smallest absolute Gasteiger partial charge is 0.269 e. The second-order valence-corrected chi connectivity index (χ2v) is 9.09. The number of rotatable bonds is 8. The van der Waals surface area contributed by atoms with Crippen LogP contribution >= 0.6 is 15.9 Å². The number of nitrogens with zero attached hydrogens (tertiary/aromatic N) is 1. The Bertz CT molecular complexity index is 1140. The highest BCUT2D eigenvalue weighted by Crippen LogP contribution is 2.30. The molecular formula is C21H17BrN2O5S. The molecule has 0 spiro atoms. The van der Waals surface area contributed by atoms with Gasteiger partial charge in [-0.3, -0.25) is 14.9 Å². The van der Waals surface area contributed by atoms with Crippen LogP contribution in [0.15, 0.2) is 89.8 Å². The fraction of sp³-hybridized carbons (Fsp3) is 0.0952. The third-order valence-corrected chi connectivity index (χ3v) is 6.91. The number of nitro benzene ring substituents is 1. The van der Waals surface area contributed by atoms with Gasteiger partial charge in [-0.2, -0.15) is 4.72 Å². The van der Waals surface area contributed by atoms with E-state index in [9.17, 15) is 23.3 Å². The average Bonchev–Trinajstić information content (AvgIpc) is 2.78. The lowest BCUT2D eigenvalue weighted by molar-refractivity contribution is -0.384. The first-order valence-electron chi connectivity index (χ1n) is 8.84. The van der Waals surface area contributed by atoms with Crippen molar-refractivity contribution < 1.29 is 18.1 Å². The van der Waals surface area contributed by atoms with Gasteiger partial charge in [0.2, 0.25) is 10.0 Å². The zero-order chi connectivity index (χ0) is 21.7. The van der Waals surface area contributed by atoms with Gasteiger partial charge in [-0.25, -0.2) is 8.42 Å². The molecule has 3 aromatic carbocycles. The Morgan fingerprint density at radius 2 is 1.43 bits per heavy atom. The molecule has 0 radical (unpaired) electrons. The van der Waals surface area contributed by atoms with E-state index < -0.39 is 31.6 Å². The Morgan fingerprint density at radius 3 is 1.97 bits per heavy atom. The highest BCUT2D eigenvalue weighted by atomic mass is 79.9. The molecule has 0 aliphatic heterocycles. The molecule has 7 nitrogen and oxygen atoms in total. The number of nitrogens with one attached hydrogen (secondary N) is 1. The molecule has 0 aliphatic carbocycles. The maximum Gasteiger partial charge on any atom is 0.269 e. The van der Waals surface area contributed by atoms with Crippen molar-refractivity contribution in [3.8, 4) is 0 Å². The summed E-state index contributed by atoms with van der Waals surface area (Å²) in [5, 5.41) is 10.8. The van der Waals surface area contributed by atoms with Gasteiger partial charge in [-0.05, 0) is 17.7 Å². The summed E-state index contributed by atoms with van der Waals surface area (Å²) >= 11 is 3.47. The number of Topliss-reactive ketones (excluding diaryl/α,β-unsaturated/α-hetero) is 1. The number of hydrogen-bond donors (Lipinski definition) is 1. The van der Waals surface area contributed by atoms with E-state index in [0.717, 1.165) is 29.8 Å². The lowest BCUT2D eigenvalue weighted by Gasteiger charge is -2.23. The van der Waals surface area contributed by atoms with E-state index in [4.69, 9.17) is 0 Å². The van der Waals surface area contributed by atoms with E-state index in [1.54, 1.807) is 54.6 Å². The Kier molecular flexibility index (Phi) is 6.76. The molecule has 9 heteroatoms. The lowest BCUT2D eigenvalue weighted by Crippen LogP contribution is -2.43. The molecule has 3 rings (SSSR count). The third-order valence-electron chi connectivity index (χ3n) is 4.39. The number of benzene rings is 3. The number of non-ortho nitro benzene ring substituents is 1. The lowest BCUT2D eigenvalue weighted by atomic mass is 9.98. The molecule has 3 aromatic rings. The van der Waals surface area contributed by atoms with Gasteiger partial charge < -0.3 is 0 Å². The minimum Gasteiger partial charge on any atom is -0.292 e. The second-order valence-electron chi connectivity index (χ2n) is 6.39. The molecule has 154 valence electrons. The fourth-order valence-electron chi connectivity index (χ4n) is 2.84. The maximum atomic E-state index is 13.2. The summed E-state index contributed by atoms with van der Waals surface area (Å²) in [7, 11) is -4.13. The number of hydrogen-bond acceptors (Lipinski definition) is 5. The number of halogens is 1. The van der Waals surface area contributed by atoms with Crippen molar-refractivity contribution in [2.45, 2.75) is 15.8 Å². The van der Waals surface area contributed by atoms with E-state index >= 15 is 0 Å². The summed E-state index contributed by atoms with van der Waals surface area (Å²) in [6.45, 7) is 0. The van der Waals surface area contributed by atoms with Crippen molar-refractivity contribution in [1.29, 1.82) is 0 Å². The van der Waals surface area contributed by atoms with Gasteiger partial charge in [0.1, 0.15) is 6.04 Å². The van der Waals surface area contributed by atoms with E-state index in [2.05, 4.69) is 20.7 Å². The van der Waals surface area contributed by atoms with Gasteiger partial charge in [-0.15, -0.1) is 0 Å². The van der Waals surface area contributed by atoms with E-state index in [1.165, 1.54) is 0 Å². The van der Waals surface area contributed by atoms with Crippen molar-refractivity contribution in [2.75, 3.05) is 0 Å². The summed E-state index contributed by atoms with van der Waals surface area (Å²) in [6, 6.07) is 20.7. The van der Waals surface area contributed by atoms with E-state index in [-0.39, 0.29) is 10.6 Å². The SMILES string of the molecule is O=C(c1ccccc1)[C@@H](NS(=O)(=O)c1ccc([N+](=O)[O-])cc1)[C@@H](Br)c1ccccc1. The van der Waals surface area contributed by atoms with Crippen molar-refractivity contribution in [3.05, 3.63) is 106 Å². The molecule has 0 unspecified atom stereocenters. The predicted octanol–water partition coefficient (Wildman–Crippen LogP) is 4.26. The molecule has 30 heavy (non-hydrogen) atoms. The summed E-state index contributed by atoms with van der Waals surface area (Å²) in [6.07, 6.45) is 0. The monoisotopic (exact) mass is 488 g/mol. The average molecular weight is 489 g/mol. The first-order chi connectivity index (χ1) is 14.3. The van der Waals surface area contributed by atoms with Gasteiger partial charge in [-0.1, -0.05) is 76.6 Å². The summed E-state index contributed by atoms with van der Waals surface area (Å²) in [5.74, 6) is -0.410. The van der Waals surface area contributed by atoms with Crippen LogP contribution < -0.4 is 4.72 Å². The Morgan fingerprint density at radius 1 is 0.900 bits per heavy atom. The molecule has 1 N–H and O–H groups in total. The second kappa shape index (κ2) is 9.29. The number of carbonyl (C=O) groups excluding carboxylic acids is 1. The molecule has 0 bridgehead atoms. The molecular weight excluding hydrogens is 472 g/mol. The molecule has 0 aliphatic rings. The van der Waals surface area contributed by atoms with E-state index in [1.807, 2.05) is 6.07 Å². The molecule has 0 saturated heterocycles. The van der Waals surface area contributed by atoms with Crippen LogP contribution in [0.4, 0.5) is 5.69 Å². The zero-order valence-electron chi connectivity index (χ0n) is 15.5. The zero-order valence-corrected chi connectivity index (χ0v) is 17.9. The third kappa shape index (κ3) is 4.99. The van der Waals surface area contributed by atoms with Crippen LogP contribution in [0.5, 0.6) is 0 Å². The normalized spacial score (nSPS) is 13.4. The Labute approximate surface area is 182 Å². The van der Waals surface area contributed by atoms with Gasteiger partial charge in [0.15, 0.2) is 5.78 Å². The molecule has 2 atom stereocenters. The van der Waals surface area contributed by atoms with Crippen molar-refractivity contribution in [1.82, 2.24) is 4.72 Å². The number of sulfonamides is 1. The molecule has 0 aromatic heterocycles. The highest BCUT2D eigenvalue weighted by molar-refractivity contribution is 9.09. The highest BCUT2D eigenvalue weighted by Gasteiger charge is 2.33. The Balaban J connectivity index is 1.97. The van der Waals surface area contributed by atoms with Crippen molar-refractivity contribution in [2.24, 2.45) is 0 Å². The van der Waals surface area contributed by atoms with Crippen LogP contribution in [0.1, 0.15) is 20.7 Å². The summed E-state index contributed by atoms with van der Waals surface area (Å²) in [5.41, 5.74) is 0.848. The molecule has 0 amide bonds. The van der Waals surface area contributed by atoms with Gasteiger partial charge in [0.25, 0.3) is 5.69 Å². The number of ketones is 1. The number of nitro groups is 1.